The van der Waals surface area contributed by atoms with Gasteiger partial charge in [-0.05, 0) is 12.1 Å². The number of H-pyrrole nitrogens is 1. The lowest BCUT2D eigenvalue weighted by atomic mass is 10.1. The van der Waals surface area contributed by atoms with Crippen molar-refractivity contribution in [2.45, 2.75) is 0 Å². The zero-order chi connectivity index (χ0) is 13.4. The van der Waals surface area contributed by atoms with Gasteiger partial charge in [-0.2, -0.15) is 0 Å². The van der Waals surface area contributed by atoms with Crippen LogP contribution in [0.5, 0.6) is 5.75 Å². The average Bonchev–Trinajstić information content (AvgIpc) is 2.66. The summed E-state index contributed by atoms with van der Waals surface area (Å²) in [6, 6.07) is 2.82. The van der Waals surface area contributed by atoms with Crippen molar-refractivity contribution in [2.75, 3.05) is 7.11 Å². The third kappa shape index (κ3) is 1.76. The Morgan fingerprint density at radius 2 is 1.94 bits per heavy atom. The summed E-state index contributed by atoms with van der Waals surface area (Å²) in [4.78, 5) is 24.6. The molecule has 0 saturated carbocycles. The highest BCUT2D eigenvalue weighted by atomic mass is 35.5. The third-order valence-corrected chi connectivity index (χ3v) is 2.79. The Hall–Kier alpha value is -2.21. The fraction of sp³-hybridized carbons (Fsp3) is 0.0909. The van der Waals surface area contributed by atoms with Crippen molar-refractivity contribution in [3.05, 3.63) is 28.4 Å². The predicted octanol–water partition coefficient (Wildman–Crippen LogP) is 2.23. The van der Waals surface area contributed by atoms with Gasteiger partial charge in [0.25, 0.3) is 0 Å². The van der Waals surface area contributed by atoms with Crippen molar-refractivity contribution in [3.8, 4) is 5.75 Å². The molecule has 0 unspecified atom stereocenters. The van der Waals surface area contributed by atoms with Gasteiger partial charge in [-0.1, -0.05) is 11.6 Å². The van der Waals surface area contributed by atoms with E-state index in [1.54, 1.807) is 0 Å². The van der Waals surface area contributed by atoms with E-state index in [0.717, 1.165) is 0 Å². The molecule has 0 aliphatic rings. The molecule has 7 heteroatoms. The number of fused-ring (bicyclic) bond motifs is 1. The molecule has 0 bridgehead atoms. The van der Waals surface area contributed by atoms with Crippen LogP contribution in [0.2, 0.25) is 5.02 Å². The number of hydrogen-bond donors (Lipinski definition) is 3. The number of nitrogens with one attached hydrogen (secondary N) is 1. The molecule has 1 aromatic heterocycles. The van der Waals surface area contributed by atoms with Gasteiger partial charge in [0.1, 0.15) is 11.4 Å². The monoisotopic (exact) mass is 269 g/mol. The molecule has 0 radical (unpaired) electrons. The Kier molecular flexibility index (Phi) is 2.88. The summed E-state index contributed by atoms with van der Waals surface area (Å²) in [6.07, 6.45) is 0. The number of methoxy groups -OCH3 is 1. The summed E-state index contributed by atoms with van der Waals surface area (Å²) < 4.78 is 4.97. The first-order chi connectivity index (χ1) is 8.45. The number of halogens is 1. The quantitative estimate of drug-likeness (QED) is 0.793. The van der Waals surface area contributed by atoms with Gasteiger partial charge in [0, 0.05) is 10.9 Å². The maximum atomic E-state index is 11.1. The Balaban J connectivity index is 2.86. The second kappa shape index (κ2) is 4.23. The van der Waals surface area contributed by atoms with E-state index in [1.807, 2.05) is 0 Å². The molecule has 1 aromatic carbocycles. The molecule has 0 amide bonds. The Bertz CT molecular complexity index is 661. The van der Waals surface area contributed by atoms with Crippen LogP contribution in [0, 0.1) is 0 Å². The van der Waals surface area contributed by atoms with E-state index in [1.165, 1.54) is 19.2 Å². The molecule has 2 aromatic rings. The average molecular weight is 270 g/mol. The van der Waals surface area contributed by atoms with Gasteiger partial charge in [0.05, 0.1) is 17.7 Å². The van der Waals surface area contributed by atoms with Crippen LogP contribution in [0.4, 0.5) is 0 Å². The van der Waals surface area contributed by atoms with E-state index in [9.17, 15) is 9.59 Å². The highest BCUT2D eigenvalue weighted by Gasteiger charge is 2.23. The number of aromatic carboxylic acids is 2. The summed E-state index contributed by atoms with van der Waals surface area (Å²) in [5.41, 5.74) is -0.370. The highest BCUT2D eigenvalue weighted by Crippen LogP contribution is 2.32. The smallest absolute Gasteiger partial charge is 0.353 e. The minimum absolute atomic E-state index is 0.237. The van der Waals surface area contributed by atoms with Gasteiger partial charge in [-0.3, -0.25) is 0 Å². The van der Waals surface area contributed by atoms with Crippen LogP contribution in [-0.2, 0) is 0 Å². The van der Waals surface area contributed by atoms with Crippen LogP contribution in [-0.4, -0.2) is 34.2 Å². The second-order valence-corrected chi connectivity index (χ2v) is 3.92. The van der Waals surface area contributed by atoms with E-state index in [0.29, 0.717) is 5.52 Å². The number of hydrogen-bond acceptors (Lipinski definition) is 3. The first-order valence-corrected chi connectivity index (χ1v) is 5.19. The van der Waals surface area contributed by atoms with Gasteiger partial charge in [0.2, 0.25) is 0 Å². The molecule has 94 valence electrons. The van der Waals surface area contributed by atoms with E-state index in [4.69, 9.17) is 26.6 Å². The summed E-state index contributed by atoms with van der Waals surface area (Å²) in [5.74, 6) is -2.40. The number of carboxylic acid groups (broad SMARTS) is 2. The number of benzene rings is 1. The van der Waals surface area contributed by atoms with Crippen molar-refractivity contribution in [1.82, 2.24) is 4.98 Å². The van der Waals surface area contributed by atoms with E-state index in [2.05, 4.69) is 4.98 Å². The van der Waals surface area contributed by atoms with Crippen LogP contribution in [0.3, 0.4) is 0 Å². The molecule has 18 heavy (non-hydrogen) atoms. The lowest BCUT2D eigenvalue weighted by Crippen LogP contribution is -2.06. The minimum Gasteiger partial charge on any atom is -0.495 e. The molecule has 1 heterocycles. The van der Waals surface area contributed by atoms with Gasteiger partial charge in [-0.15, -0.1) is 0 Å². The SMILES string of the molecule is COc1cc2c(C(=O)O)c(C(=O)O)[nH]c2cc1Cl. The molecule has 0 atom stereocenters. The number of carbonyl (C=O) groups is 2. The topological polar surface area (TPSA) is 99.6 Å². The van der Waals surface area contributed by atoms with Crippen LogP contribution >= 0.6 is 11.6 Å². The van der Waals surface area contributed by atoms with Gasteiger partial charge >= 0.3 is 11.9 Å². The van der Waals surface area contributed by atoms with Crippen molar-refractivity contribution >= 4 is 34.4 Å². The summed E-state index contributed by atoms with van der Waals surface area (Å²) in [5, 5.41) is 18.5. The first kappa shape index (κ1) is 12.3. The molecule has 3 N–H and O–H groups in total. The highest BCUT2D eigenvalue weighted by molar-refractivity contribution is 6.33. The molecular weight excluding hydrogens is 262 g/mol. The van der Waals surface area contributed by atoms with Crippen LogP contribution in [0.15, 0.2) is 12.1 Å². The molecule has 2 rings (SSSR count). The summed E-state index contributed by atoms with van der Waals surface area (Å²) in [6.45, 7) is 0. The van der Waals surface area contributed by atoms with Crippen LogP contribution in [0.1, 0.15) is 20.8 Å². The molecular formula is C11H8ClNO5. The summed E-state index contributed by atoms with van der Waals surface area (Å²) >= 11 is 5.88. The molecule has 0 saturated heterocycles. The minimum atomic E-state index is -1.35. The number of aromatic nitrogens is 1. The molecule has 6 nitrogen and oxygen atoms in total. The van der Waals surface area contributed by atoms with E-state index in [-0.39, 0.29) is 27.4 Å². The predicted molar refractivity (Wildman–Crippen MR) is 63.8 cm³/mol. The third-order valence-electron chi connectivity index (χ3n) is 2.50. The maximum absolute atomic E-state index is 11.1. The van der Waals surface area contributed by atoms with Gasteiger partial charge < -0.3 is 19.9 Å². The van der Waals surface area contributed by atoms with Crippen LogP contribution < -0.4 is 4.74 Å². The van der Waals surface area contributed by atoms with Crippen molar-refractivity contribution < 1.29 is 24.5 Å². The van der Waals surface area contributed by atoms with Crippen LogP contribution in [0.25, 0.3) is 10.9 Å². The van der Waals surface area contributed by atoms with E-state index < -0.39 is 11.9 Å². The lowest BCUT2D eigenvalue weighted by Gasteiger charge is -2.02. The second-order valence-electron chi connectivity index (χ2n) is 3.52. The van der Waals surface area contributed by atoms with E-state index >= 15 is 0 Å². The Morgan fingerprint density at radius 1 is 1.28 bits per heavy atom. The summed E-state index contributed by atoms with van der Waals surface area (Å²) in [7, 11) is 1.39. The number of aromatic amines is 1. The van der Waals surface area contributed by atoms with Gasteiger partial charge in [0.15, 0.2) is 0 Å². The molecule has 0 fully saturated rings. The molecule has 0 aliphatic heterocycles. The fourth-order valence-corrected chi connectivity index (χ4v) is 1.98. The van der Waals surface area contributed by atoms with Crippen molar-refractivity contribution in [1.29, 1.82) is 0 Å². The zero-order valence-corrected chi connectivity index (χ0v) is 9.91. The number of rotatable bonds is 3. The standard InChI is InChI=1S/C11H8ClNO5/c1-18-7-2-4-6(3-5(7)12)13-9(11(16)17)8(4)10(14)15/h2-3,13H,1H3,(H,14,15)(H,16,17). The normalized spacial score (nSPS) is 10.6. The fourth-order valence-electron chi connectivity index (χ4n) is 1.73. The molecule has 0 spiro atoms. The van der Waals surface area contributed by atoms with Gasteiger partial charge in [-0.25, -0.2) is 9.59 Å². The zero-order valence-electron chi connectivity index (χ0n) is 9.15. The van der Waals surface area contributed by atoms with Crippen molar-refractivity contribution in [2.24, 2.45) is 0 Å². The van der Waals surface area contributed by atoms with Crippen molar-refractivity contribution in [3.63, 3.8) is 0 Å². The Morgan fingerprint density at radius 3 is 2.44 bits per heavy atom. The maximum Gasteiger partial charge on any atom is 0.353 e. The largest absolute Gasteiger partial charge is 0.495 e. The lowest BCUT2D eigenvalue weighted by molar-refractivity contribution is 0.0650. The first-order valence-electron chi connectivity index (χ1n) is 4.81. The number of ether oxygens (including phenoxy) is 1. The molecule has 0 aliphatic carbocycles. The number of carboxylic acids is 2. The Labute approximate surface area is 106 Å².